The molecule has 1 aliphatic carbocycles. The standard InChI is InChI=1S/C17H32N2O/c1-13(2)16-11-18-17(7-4-5-8-17)12-19(16)15-6-9-20-14(3)10-15/h13-16,18H,4-12H2,1-3H3. The van der Waals surface area contributed by atoms with Crippen LogP contribution < -0.4 is 5.32 Å². The second-order valence-electron chi connectivity index (χ2n) is 7.71. The molecule has 3 unspecified atom stereocenters. The van der Waals surface area contributed by atoms with Crippen molar-refractivity contribution in [2.24, 2.45) is 5.92 Å². The van der Waals surface area contributed by atoms with E-state index in [0.29, 0.717) is 17.7 Å². The molecule has 116 valence electrons. The average molecular weight is 280 g/mol. The second kappa shape index (κ2) is 5.94. The Morgan fingerprint density at radius 3 is 2.65 bits per heavy atom. The van der Waals surface area contributed by atoms with E-state index in [1.807, 2.05) is 0 Å². The summed E-state index contributed by atoms with van der Waals surface area (Å²) in [7, 11) is 0. The molecule has 0 bridgehead atoms. The van der Waals surface area contributed by atoms with Crippen molar-refractivity contribution in [3.8, 4) is 0 Å². The van der Waals surface area contributed by atoms with E-state index >= 15 is 0 Å². The summed E-state index contributed by atoms with van der Waals surface area (Å²) in [6, 6.07) is 1.45. The monoisotopic (exact) mass is 280 g/mol. The minimum atomic E-state index is 0.437. The fraction of sp³-hybridized carbons (Fsp3) is 1.00. The first-order chi connectivity index (χ1) is 9.60. The van der Waals surface area contributed by atoms with Gasteiger partial charge in [-0.05, 0) is 38.5 Å². The topological polar surface area (TPSA) is 24.5 Å². The maximum atomic E-state index is 5.77. The maximum Gasteiger partial charge on any atom is 0.0561 e. The summed E-state index contributed by atoms with van der Waals surface area (Å²) < 4.78 is 5.77. The van der Waals surface area contributed by atoms with Crippen molar-refractivity contribution < 1.29 is 4.74 Å². The van der Waals surface area contributed by atoms with E-state index in [9.17, 15) is 0 Å². The molecule has 2 aliphatic heterocycles. The van der Waals surface area contributed by atoms with E-state index in [2.05, 4.69) is 31.0 Å². The van der Waals surface area contributed by atoms with Crippen LogP contribution in [0.5, 0.6) is 0 Å². The van der Waals surface area contributed by atoms with Gasteiger partial charge in [-0.3, -0.25) is 4.90 Å². The van der Waals surface area contributed by atoms with Gasteiger partial charge in [0, 0.05) is 37.3 Å². The van der Waals surface area contributed by atoms with Gasteiger partial charge >= 0.3 is 0 Å². The van der Waals surface area contributed by atoms with Gasteiger partial charge in [-0.1, -0.05) is 26.7 Å². The molecule has 2 heterocycles. The molecule has 0 aromatic rings. The molecule has 0 amide bonds. The zero-order chi connectivity index (χ0) is 14.2. The SMILES string of the molecule is CC1CC(N2CC3(CCCC3)NCC2C(C)C)CCO1. The first-order valence-corrected chi connectivity index (χ1v) is 8.72. The summed E-state index contributed by atoms with van der Waals surface area (Å²) in [6.45, 7) is 10.4. The number of rotatable bonds is 2. The highest BCUT2D eigenvalue weighted by molar-refractivity contribution is 5.03. The van der Waals surface area contributed by atoms with Crippen LogP contribution in [0.25, 0.3) is 0 Å². The highest BCUT2D eigenvalue weighted by Gasteiger charge is 2.44. The first kappa shape index (κ1) is 14.8. The molecule has 0 radical (unpaired) electrons. The smallest absolute Gasteiger partial charge is 0.0561 e. The Morgan fingerprint density at radius 1 is 1.25 bits per heavy atom. The minimum Gasteiger partial charge on any atom is -0.378 e. The van der Waals surface area contributed by atoms with Crippen molar-refractivity contribution in [2.45, 2.75) is 83.0 Å². The van der Waals surface area contributed by atoms with Crippen LogP contribution in [0.2, 0.25) is 0 Å². The molecular weight excluding hydrogens is 248 g/mol. The van der Waals surface area contributed by atoms with Gasteiger partial charge in [0.05, 0.1) is 6.10 Å². The van der Waals surface area contributed by atoms with Gasteiger partial charge in [-0.25, -0.2) is 0 Å². The van der Waals surface area contributed by atoms with Crippen LogP contribution in [0.1, 0.15) is 59.3 Å². The third kappa shape index (κ3) is 2.90. The van der Waals surface area contributed by atoms with Crippen LogP contribution in [0, 0.1) is 5.92 Å². The lowest BCUT2D eigenvalue weighted by Crippen LogP contribution is -2.67. The third-order valence-electron chi connectivity index (χ3n) is 5.85. The molecule has 3 aliphatic rings. The molecule has 0 aromatic heterocycles. The molecule has 3 heteroatoms. The molecule has 0 aromatic carbocycles. The predicted octanol–water partition coefficient (Wildman–Crippen LogP) is 2.80. The Morgan fingerprint density at radius 2 is 2.00 bits per heavy atom. The van der Waals surface area contributed by atoms with Crippen molar-refractivity contribution in [1.82, 2.24) is 10.2 Å². The molecule has 1 saturated carbocycles. The van der Waals surface area contributed by atoms with Gasteiger partial charge in [0.2, 0.25) is 0 Å². The van der Waals surface area contributed by atoms with Gasteiger partial charge in [0.15, 0.2) is 0 Å². The van der Waals surface area contributed by atoms with Crippen LogP contribution in [-0.4, -0.2) is 48.3 Å². The molecule has 3 rings (SSSR count). The third-order valence-corrected chi connectivity index (χ3v) is 5.85. The Labute approximate surface area is 124 Å². The summed E-state index contributed by atoms with van der Waals surface area (Å²) in [4.78, 5) is 2.87. The number of nitrogens with zero attached hydrogens (tertiary/aromatic N) is 1. The Hall–Kier alpha value is -0.120. The van der Waals surface area contributed by atoms with E-state index in [4.69, 9.17) is 4.74 Å². The number of nitrogens with one attached hydrogen (secondary N) is 1. The van der Waals surface area contributed by atoms with E-state index in [0.717, 1.165) is 18.6 Å². The van der Waals surface area contributed by atoms with Crippen molar-refractivity contribution in [3.05, 3.63) is 0 Å². The van der Waals surface area contributed by atoms with Gasteiger partial charge in [-0.15, -0.1) is 0 Å². The number of ether oxygens (including phenoxy) is 1. The van der Waals surface area contributed by atoms with Crippen LogP contribution >= 0.6 is 0 Å². The Bertz CT molecular complexity index is 325. The number of piperazine rings is 1. The molecule has 1 spiro atoms. The number of hydrogen-bond acceptors (Lipinski definition) is 3. The Kier molecular flexibility index (Phi) is 4.40. The minimum absolute atomic E-state index is 0.437. The van der Waals surface area contributed by atoms with E-state index in [-0.39, 0.29) is 0 Å². The van der Waals surface area contributed by atoms with E-state index in [1.54, 1.807) is 0 Å². The maximum absolute atomic E-state index is 5.77. The second-order valence-corrected chi connectivity index (χ2v) is 7.71. The first-order valence-electron chi connectivity index (χ1n) is 8.72. The van der Waals surface area contributed by atoms with Crippen molar-refractivity contribution in [3.63, 3.8) is 0 Å². The zero-order valence-corrected chi connectivity index (χ0v) is 13.5. The van der Waals surface area contributed by atoms with Gasteiger partial charge in [0.1, 0.15) is 0 Å². The molecular formula is C17H32N2O. The summed E-state index contributed by atoms with van der Waals surface area (Å²) in [5.74, 6) is 0.736. The van der Waals surface area contributed by atoms with Crippen LogP contribution in [0.15, 0.2) is 0 Å². The fourth-order valence-electron chi connectivity index (χ4n) is 4.64. The average Bonchev–Trinajstić information content (AvgIpc) is 2.86. The quantitative estimate of drug-likeness (QED) is 0.842. The molecule has 1 N–H and O–H groups in total. The summed E-state index contributed by atoms with van der Waals surface area (Å²) in [6.07, 6.45) is 8.48. The molecule has 20 heavy (non-hydrogen) atoms. The highest BCUT2D eigenvalue weighted by atomic mass is 16.5. The lowest BCUT2D eigenvalue weighted by Gasteiger charge is -2.52. The van der Waals surface area contributed by atoms with Gasteiger partial charge < -0.3 is 10.1 Å². The summed E-state index contributed by atoms with van der Waals surface area (Å²) in [5.41, 5.74) is 0.437. The normalized spacial score (nSPS) is 38.7. The van der Waals surface area contributed by atoms with Crippen LogP contribution in [0.3, 0.4) is 0 Å². The largest absolute Gasteiger partial charge is 0.378 e. The summed E-state index contributed by atoms with van der Waals surface area (Å²) >= 11 is 0. The zero-order valence-electron chi connectivity index (χ0n) is 13.5. The van der Waals surface area contributed by atoms with Crippen LogP contribution in [0.4, 0.5) is 0 Å². The van der Waals surface area contributed by atoms with E-state index < -0.39 is 0 Å². The molecule has 3 fully saturated rings. The van der Waals surface area contributed by atoms with Gasteiger partial charge in [0.25, 0.3) is 0 Å². The van der Waals surface area contributed by atoms with Crippen molar-refractivity contribution >= 4 is 0 Å². The lowest BCUT2D eigenvalue weighted by atomic mass is 9.86. The Balaban J connectivity index is 1.74. The number of hydrogen-bond donors (Lipinski definition) is 1. The lowest BCUT2D eigenvalue weighted by molar-refractivity contribution is -0.0549. The molecule has 2 saturated heterocycles. The van der Waals surface area contributed by atoms with E-state index in [1.165, 1.54) is 51.6 Å². The molecule has 3 atom stereocenters. The molecule has 3 nitrogen and oxygen atoms in total. The van der Waals surface area contributed by atoms with Crippen LogP contribution in [-0.2, 0) is 4.74 Å². The van der Waals surface area contributed by atoms with Crippen molar-refractivity contribution in [1.29, 1.82) is 0 Å². The predicted molar refractivity (Wildman–Crippen MR) is 83.0 cm³/mol. The summed E-state index contributed by atoms with van der Waals surface area (Å²) in [5, 5.41) is 3.93. The van der Waals surface area contributed by atoms with Crippen molar-refractivity contribution in [2.75, 3.05) is 19.7 Å². The fourth-order valence-corrected chi connectivity index (χ4v) is 4.64. The van der Waals surface area contributed by atoms with Gasteiger partial charge in [-0.2, -0.15) is 0 Å². The highest BCUT2D eigenvalue weighted by Crippen LogP contribution is 2.36.